The minimum Gasteiger partial charge on any atom is -0.466 e. The van der Waals surface area contributed by atoms with Crippen molar-refractivity contribution < 1.29 is 19.1 Å². The van der Waals surface area contributed by atoms with E-state index in [2.05, 4.69) is 19.1 Å². The average Bonchev–Trinajstić information content (AvgIpc) is 3.44. The molecular weight excluding hydrogens is 452 g/mol. The molecule has 1 aliphatic heterocycles. The second-order valence-corrected chi connectivity index (χ2v) is 10.1. The lowest BCUT2D eigenvalue weighted by atomic mass is 9.97. The number of amides is 2. The zero-order valence-corrected chi connectivity index (χ0v) is 21.6. The Labute approximate surface area is 214 Å². The summed E-state index contributed by atoms with van der Waals surface area (Å²) in [4.78, 5) is 42.3. The number of anilines is 1. The minimum atomic E-state index is -0.235. The summed E-state index contributed by atoms with van der Waals surface area (Å²) in [6.45, 7) is 5.89. The van der Waals surface area contributed by atoms with Gasteiger partial charge in [0.1, 0.15) is 0 Å². The number of nitrogens with zero attached hydrogens (tertiary/aromatic N) is 2. The molecule has 192 valence electrons. The van der Waals surface area contributed by atoms with Crippen molar-refractivity contribution in [2.45, 2.75) is 65.3 Å². The van der Waals surface area contributed by atoms with Crippen molar-refractivity contribution >= 4 is 23.5 Å². The van der Waals surface area contributed by atoms with Gasteiger partial charge in [-0.3, -0.25) is 14.4 Å². The van der Waals surface area contributed by atoms with Crippen LogP contribution >= 0.6 is 0 Å². The second kappa shape index (κ2) is 12.2. The highest BCUT2D eigenvalue weighted by molar-refractivity contribution is 5.95. The highest BCUT2D eigenvalue weighted by atomic mass is 16.5. The lowest BCUT2D eigenvalue weighted by molar-refractivity contribution is -0.151. The number of aryl methyl sites for hydroxylation is 1. The summed E-state index contributed by atoms with van der Waals surface area (Å²) in [6, 6.07) is 16.0. The zero-order chi connectivity index (χ0) is 25.5. The van der Waals surface area contributed by atoms with Gasteiger partial charge in [-0.15, -0.1) is 0 Å². The summed E-state index contributed by atoms with van der Waals surface area (Å²) < 4.78 is 5.16. The summed E-state index contributed by atoms with van der Waals surface area (Å²) in [5.74, 6) is -0.142. The number of hydrogen-bond donors (Lipinski definition) is 0. The largest absolute Gasteiger partial charge is 0.466 e. The number of ether oxygens (including phenoxy) is 1. The number of likely N-dealkylation sites (tertiary alicyclic amines) is 1. The highest BCUT2D eigenvalue weighted by Crippen LogP contribution is 2.30. The van der Waals surface area contributed by atoms with Crippen LogP contribution in [-0.4, -0.2) is 42.4 Å². The molecule has 2 amide bonds. The van der Waals surface area contributed by atoms with E-state index in [0.29, 0.717) is 26.2 Å². The van der Waals surface area contributed by atoms with E-state index in [1.807, 2.05) is 41.3 Å². The lowest BCUT2D eigenvalue weighted by Gasteiger charge is -2.31. The van der Waals surface area contributed by atoms with Gasteiger partial charge in [-0.05, 0) is 68.4 Å². The molecule has 1 saturated heterocycles. The molecule has 1 heterocycles. The smallest absolute Gasteiger partial charge is 0.310 e. The molecule has 2 fully saturated rings. The molecule has 0 unspecified atom stereocenters. The molecule has 0 radical (unpaired) electrons. The van der Waals surface area contributed by atoms with Crippen LogP contribution in [0.1, 0.15) is 62.1 Å². The molecule has 0 N–H and O–H groups in total. The SMILES string of the molecule is CCOC(=O)[C@@H]1CCCN(C(=O)Cc2ccc(N(Cc3ccccc3C)C(=O)C3CCCC3)cc2)C1. The maximum absolute atomic E-state index is 13.5. The first-order chi connectivity index (χ1) is 17.5. The van der Waals surface area contributed by atoms with E-state index in [1.165, 1.54) is 5.56 Å². The van der Waals surface area contributed by atoms with E-state index < -0.39 is 0 Å². The third-order valence-corrected chi connectivity index (χ3v) is 7.56. The molecule has 0 bridgehead atoms. The maximum atomic E-state index is 13.5. The summed E-state index contributed by atoms with van der Waals surface area (Å²) in [7, 11) is 0. The topological polar surface area (TPSA) is 66.9 Å². The highest BCUT2D eigenvalue weighted by Gasteiger charge is 2.30. The maximum Gasteiger partial charge on any atom is 0.310 e. The first kappa shape index (κ1) is 25.9. The van der Waals surface area contributed by atoms with Crippen LogP contribution in [0.25, 0.3) is 0 Å². The fourth-order valence-electron chi connectivity index (χ4n) is 5.38. The van der Waals surface area contributed by atoms with E-state index in [9.17, 15) is 14.4 Å². The molecule has 6 nitrogen and oxygen atoms in total. The number of esters is 1. The van der Waals surface area contributed by atoms with Gasteiger partial charge in [0.25, 0.3) is 0 Å². The molecule has 2 aromatic carbocycles. The third kappa shape index (κ3) is 6.34. The van der Waals surface area contributed by atoms with Crippen LogP contribution in [0, 0.1) is 18.8 Å². The average molecular weight is 491 g/mol. The number of rotatable bonds is 8. The van der Waals surface area contributed by atoms with Crippen LogP contribution in [0.2, 0.25) is 0 Å². The summed E-state index contributed by atoms with van der Waals surface area (Å²) >= 11 is 0. The quantitative estimate of drug-likeness (QED) is 0.485. The predicted molar refractivity (Wildman–Crippen MR) is 140 cm³/mol. The summed E-state index contributed by atoms with van der Waals surface area (Å²) in [5, 5.41) is 0. The van der Waals surface area contributed by atoms with Crippen LogP contribution in [0.15, 0.2) is 48.5 Å². The zero-order valence-electron chi connectivity index (χ0n) is 21.6. The lowest BCUT2D eigenvalue weighted by Crippen LogP contribution is -2.43. The molecular formula is C30H38N2O4. The van der Waals surface area contributed by atoms with Crippen LogP contribution in [0.3, 0.4) is 0 Å². The number of carbonyl (C=O) groups excluding carboxylic acids is 3. The first-order valence-corrected chi connectivity index (χ1v) is 13.4. The van der Waals surface area contributed by atoms with Gasteiger partial charge >= 0.3 is 5.97 Å². The molecule has 6 heteroatoms. The van der Waals surface area contributed by atoms with Crippen LogP contribution in [0.4, 0.5) is 5.69 Å². The van der Waals surface area contributed by atoms with Gasteiger partial charge in [-0.2, -0.15) is 0 Å². The molecule has 1 atom stereocenters. The van der Waals surface area contributed by atoms with Gasteiger partial charge in [0.05, 0.1) is 25.5 Å². The van der Waals surface area contributed by atoms with Crippen LogP contribution < -0.4 is 4.90 Å². The Bertz CT molecular complexity index is 1060. The van der Waals surface area contributed by atoms with Gasteiger partial charge in [-0.1, -0.05) is 49.2 Å². The van der Waals surface area contributed by atoms with Crippen molar-refractivity contribution in [1.82, 2.24) is 4.90 Å². The third-order valence-electron chi connectivity index (χ3n) is 7.56. The molecule has 0 spiro atoms. The Morgan fingerprint density at radius 1 is 0.944 bits per heavy atom. The van der Waals surface area contributed by atoms with Gasteiger partial charge in [0.15, 0.2) is 0 Å². The fourth-order valence-corrected chi connectivity index (χ4v) is 5.38. The Morgan fingerprint density at radius 2 is 1.64 bits per heavy atom. The Kier molecular flexibility index (Phi) is 8.79. The summed E-state index contributed by atoms with van der Waals surface area (Å²) in [5.41, 5.74) is 4.09. The van der Waals surface area contributed by atoms with E-state index >= 15 is 0 Å². The molecule has 1 aliphatic carbocycles. The van der Waals surface area contributed by atoms with Crippen molar-refractivity contribution in [3.63, 3.8) is 0 Å². The van der Waals surface area contributed by atoms with Crippen LogP contribution in [-0.2, 0) is 32.1 Å². The number of piperidine rings is 1. The van der Waals surface area contributed by atoms with Gasteiger partial charge in [0, 0.05) is 24.7 Å². The Balaban J connectivity index is 1.45. The molecule has 2 aliphatic rings. The predicted octanol–water partition coefficient (Wildman–Crippen LogP) is 5.06. The van der Waals surface area contributed by atoms with Crippen molar-refractivity contribution in [1.29, 1.82) is 0 Å². The van der Waals surface area contributed by atoms with E-state index in [-0.39, 0.29) is 36.0 Å². The molecule has 4 rings (SSSR count). The first-order valence-electron chi connectivity index (χ1n) is 13.4. The Morgan fingerprint density at radius 3 is 2.33 bits per heavy atom. The number of benzene rings is 2. The molecule has 36 heavy (non-hydrogen) atoms. The van der Waals surface area contributed by atoms with Crippen molar-refractivity contribution in [3.8, 4) is 0 Å². The van der Waals surface area contributed by atoms with Crippen LogP contribution in [0.5, 0.6) is 0 Å². The number of carbonyl (C=O) groups is 3. The Hall–Kier alpha value is -3.15. The standard InChI is InChI=1S/C30H38N2O4/c1-3-36-30(35)26-13-8-18-31(20-26)28(33)19-23-14-16-27(17-15-23)32(29(34)24-10-6-7-11-24)21-25-12-5-4-9-22(25)2/h4-5,9,12,14-17,24,26H,3,6-8,10-11,13,18-21H2,1-2H3/t26-/m1/s1. The molecule has 0 aromatic heterocycles. The monoisotopic (exact) mass is 490 g/mol. The van der Waals surface area contributed by atoms with Gasteiger partial charge in [-0.25, -0.2) is 0 Å². The minimum absolute atomic E-state index is 0.0237. The fraction of sp³-hybridized carbons (Fsp3) is 0.500. The molecule has 2 aromatic rings. The van der Waals surface area contributed by atoms with E-state index in [4.69, 9.17) is 4.74 Å². The normalized spacial score (nSPS) is 18.2. The second-order valence-electron chi connectivity index (χ2n) is 10.1. The molecule has 1 saturated carbocycles. The van der Waals surface area contributed by atoms with Gasteiger partial charge < -0.3 is 14.5 Å². The van der Waals surface area contributed by atoms with Crippen molar-refractivity contribution in [2.24, 2.45) is 11.8 Å². The number of hydrogen-bond acceptors (Lipinski definition) is 4. The van der Waals surface area contributed by atoms with E-state index in [0.717, 1.165) is 55.3 Å². The van der Waals surface area contributed by atoms with Gasteiger partial charge in [0.2, 0.25) is 11.8 Å². The van der Waals surface area contributed by atoms with Crippen molar-refractivity contribution in [2.75, 3.05) is 24.6 Å². The van der Waals surface area contributed by atoms with Crippen molar-refractivity contribution in [3.05, 3.63) is 65.2 Å². The summed E-state index contributed by atoms with van der Waals surface area (Å²) in [6.07, 6.45) is 6.00. The van der Waals surface area contributed by atoms with E-state index in [1.54, 1.807) is 11.8 Å².